The van der Waals surface area contributed by atoms with Gasteiger partial charge in [0.2, 0.25) is 5.95 Å². The molecule has 6 heteroatoms. The quantitative estimate of drug-likeness (QED) is 0.457. The van der Waals surface area contributed by atoms with Crippen LogP contribution in [-0.2, 0) is 19.3 Å². The Bertz CT molecular complexity index is 1040. The lowest BCUT2D eigenvalue weighted by Crippen LogP contribution is -2.52. The van der Waals surface area contributed by atoms with Gasteiger partial charge in [-0.25, -0.2) is 9.97 Å². The maximum absolute atomic E-state index is 5.56. The van der Waals surface area contributed by atoms with Crippen LogP contribution < -0.4 is 9.64 Å². The second kappa shape index (κ2) is 14.5. The Morgan fingerprint density at radius 1 is 1.00 bits per heavy atom. The Morgan fingerprint density at radius 2 is 1.82 bits per heavy atom. The number of ether oxygens (including phenoxy) is 1. The molecule has 0 spiro atoms. The van der Waals surface area contributed by atoms with Crippen LogP contribution in [0.4, 0.5) is 5.95 Å². The highest BCUT2D eigenvalue weighted by molar-refractivity contribution is 5.58. The maximum atomic E-state index is 5.56. The Labute approximate surface area is 230 Å². The van der Waals surface area contributed by atoms with Crippen molar-refractivity contribution in [1.29, 1.82) is 0 Å². The third-order valence-corrected chi connectivity index (χ3v) is 8.37. The molecule has 6 nitrogen and oxygen atoms in total. The van der Waals surface area contributed by atoms with Crippen molar-refractivity contribution in [2.24, 2.45) is 0 Å². The third-order valence-electron chi connectivity index (χ3n) is 8.37. The summed E-state index contributed by atoms with van der Waals surface area (Å²) in [5.41, 5.74) is 5.17. The molecule has 0 amide bonds. The summed E-state index contributed by atoms with van der Waals surface area (Å²) >= 11 is 0. The van der Waals surface area contributed by atoms with Crippen LogP contribution in [0, 0.1) is 0 Å². The van der Waals surface area contributed by atoms with Gasteiger partial charge in [0.05, 0.1) is 7.11 Å². The van der Waals surface area contributed by atoms with Crippen LogP contribution in [0.3, 0.4) is 0 Å². The number of methoxy groups -OCH3 is 1. The fourth-order valence-corrected chi connectivity index (χ4v) is 5.89. The standard InChI is InChI=1S/C30H43N5O.C2H4/c1-3-27-24(9-6-14-29(27)36-2)10-8-17-33-16-5-4-13-28-25(15-18-33)23-31-30(32-28)35-21-19-34(20-22-35)26-11-7-12-26;1-2/h6,8-10,14,23,26H,3-5,7,11-13,15-22H2,1-2H3;1-2H2/b10-8+;. The molecule has 3 heterocycles. The molecule has 2 aliphatic heterocycles. The van der Waals surface area contributed by atoms with Gasteiger partial charge in [0.1, 0.15) is 5.75 Å². The minimum Gasteiger partial charge on any atom is -0.496 e. The van der Waals surface area contributed by atoms with E-state index in [2.05, 4.69) is 71.3 Å². The summed E-state index contributed by atoms with van der Waals surface area (Å²) in [6, 6.07) is 7.17. The van der Waals surface area contributed by atoms with E-state index < -0.39 is 0 Å². The minimum atomic E-state index is 0.842. The van der Waals surface area contributed by atoms with Gasteiger partial charge in [-0.05, 0) is 68.7 Å². The van der Waals surface area contributed by atoms with Crippen LogP contribution in [0.15, 0.2) is 43.6 Å². The van der Waals surface area contributed by atoms with Gasteiger partial charge in [-0.15, -0.1) is 13.2 Å². The maximum Gasteiger partial charge on any atom is 0.225 e. The van der Waals surface area contributed by atoms with Crippen molar-refractivity contribution in [3.63, 3.8) is 0 Å². The van der Waals surface area contributed by atoms with E-state index in [1.165, 1.54) is 54.5 Å². The molecule has 2 fully saturated rings. The van der Waals surface area contributed by atoms with Gasteiger partial charge in [-0.2, -0.15) is 0 Å². The normalized spacial score (nSPS) is 19.5. The summed E-state index contributed by atoms with van der Waals surface area (Å²) in [5, 5.41) is 0. The molecular formula is C32H47N5O. The van der Waals surface area contributed by atoms with Crippen molar-refractivity contribution in [1.82, 2.24) is 19.8 Å². The number of hydrogen-bond acceptors (Lipinski definition) is 6. The van der Waals surface area contributed by atoms with Crippen molar-refractivity contribution in [2.75, 3.05) is 57.8 Å². The number of benzene rings is 1. The summed E-state index contributed by atoms with van der Waals surface area (Å²) in [7, 11) is 1.76. The van der Waals surface area contributed by atoms with Gasteiger partial charge >= 0.3 is 0 Å². The van der Waals surface area contributed by atoms with E-state index in [0.29, 0.717) is 0 Å². The van der Waals surface area contributed by atoms with Crippen molar-refractivity contribution in [3.8, 4) is 5.75 Å². The number of fused-ring (bicyclic) bond motifs is 1. The summed E-state index contributed by atoms with van der Waals surface area (Å²) in [6.45, 7) is 15.8. The molecule has 1 aliphatic carbocycles. The number of aryl methyl sites for hydroxylation is 1. The number of anilines is 1. The summed E-state index contributed by atoms with van der Waals surface area (Å²) in [4.78, 5) is 17.6. The van der Waals surface area contributed by atoms with E-state index in [9.17, 15) is 0 Å². The predicted octanol–water partition coefficient (Wildman–Crippen LogP) is 5.42. The number of nitrogens with zero attached hydrogens (tertiary/aromatic N) is 5. The molecule has 5 rings (SSSR count). The van der Waals surface area contributed by atoms with Gasteiger partial charge in [-0.3, -0.25) is 9.80 Å². The van der Waals surface area contributed by atoms with Crippen LogP contribution >= 0.6 is 0 Å². The molecule has 206 valence electrons. The molecule has 2 aromatic rings. The molecule has 0 bridgehead atoms. The van der Waals surface area contributed by atoms with E-state index in [1.807, 2.05) is 0 Å². The molecule has 1 aromatic heterocycles. The van der Waals surface area contributed by atoms with Gasteiger partial charge in [0, 0.05) is 62.8 Å². The lowest BCUT2D eigenvalue weighted by molar-refractivity contribution is 0.120. The van der Waals surface area contributed by atoms with Gasteiger partial charge < -0.3 is 9.64 Å². The first-order valence-electron chi connectivity index (χ1n) is 14.6. The molecule has 0 atom stereocenters. The SMILES string of the molecule is C=C.CCc1c(/C=C/CN2CCCCc3nc(N4CCN(C5CCC5)CC4)ncc3CC2)cccc1OC. The van der Waals surface area contributed by atoms with Crippen molar-refractivity contribution < 1.29 is 4.74 Å². The Kier molecular flexibility index (Phi) is 10.8. The lowest BCUT2D eigenvalue weighted by atomic mass is 9.91. The van der Waals surface area contributed by atoms with Crippen LogP contribution in [0.1, 0.15) is 61.4 Å². The highest BCUT2D eigenvalue weighted by Gasteiger charge is 2.28. The highest BCUT2D eigenvalue weighted by Crippen LogP contribution is 2.27. The van der Waals surface area contributed by atoms with Gasteiger partial charge in [0.25, 0.3) is 0 Å². The summed E-state index contributed by atoms with van der Waals surface area (Å²) in [6.07, 6.45) is 16.4. The zero-order valence-corrected chi connectivity index (χ0v) is 23.7. The monoisotopic (exact) mass is 517 g/mol. The first-order chi connectivity index (χ1) is 18.7. The van der Waals surface area contributed by atoms with Gasteiger partial charge in [0.15, 0.2) is 0 Å². The Hall–Kier alpha value is -2.70. The predicted molar refractivity (Wildman–Crippen MR) is 159 cm³/mol. The minimum absolute atomic E-state index is 0.842. The highest BCUT2D eigenvalue weighted by atomic mass is 16.5. The smallest absolute Gasteiger partial charge is 0.225 e. The van der Waals surface area contributed by atoms with E-state index in [1.54, 1.807) is 7.11 Å². The Morgan fingerprint density at radius 3 is 2.53 bits per heavy atom. The summed E-state index contributed by atoms with van der Waals surface area (Å²) < 4.78 is 5.56. The van der Waals surface area contributed by atoms with Crippen molar-refractivity contribution >= 4 is 12.0 Å². The molecule has 0 radical (unpaired) electrons. The second-order valence-corrected chi connectivity index (χ2v) is 10.5. The Balaban J connectivity index is 0.00000164. The molecule has 38 heavy (non-hydrogen) atoms. The van der Waals surface area contributed by atoms with E-state index in [-0.39, 0.29) is 0 Å². The second-order valence-electron chi connectivity index (χ2n) is 10.5. The fourth-order valence-electron chi connectivity index (χ4n) is 5.89. The molecule has 3 aliphatic rings. The largest absolute Gasteiger partial charge is 0.496 e. The van der Waals surface area contributed by atoms with Crippen LogP contribution in [0.2, 0.25) is 0 Å². The van der Waals surface area contributed by atoms with E-state index in [0.717, 1.165) is 82.8 Å². The molecule has 1 saturated heterocycles. The summed E-state index contributed by atoms with van der Waals surface area (Å²) in [5.74, 6) is 1.93. The molecule has 1 aromatic carbocycles. The van der Waals surface area contributed by atoms with Gasteiger partial charge in [-0.1, -0.05) is 37.6 Å². The number of aromatic nitrogens is 2. The molecule has 0 N–H and O–H groups in total. The fraction of sp³-hybridized carbons (Fsp3) is 0.562. The van der Waals surface area contributed by atoms with Crippen molar-refractivity contribution in [3.05, 3.63) is 66.0 Å². The van der Waals surface area contributed by atoms with Crippen LogP contribution in [-0.4, -0.2) is 78.7 Å². The number of piperazine rings is 1. The topological polar surface area (TPSA) is 44.7 Å². The zero-order valence-electron chi connectivity index (χ0n) is 23.7. The zero-order chi connectivity index (χ0) is 26.7. The van der Waals surface area contributed by atoms with E-state index in [4.69, 9.17) is 14.7 Å². The van der Waals surface area contributed by atoms with Crippen LogP contribution in [0.5, 0.6) is 5.75 Å². The first kappa shape index (κ1) is 28.3. The molecular weight excluding hydrogens is 470 g/mol. The number of hydrogen-bond donors (Lipinski definition) is 0. The number of rotatable bonds is 7. The van der Waals surface area contributed by atoms with Crippen LogP contribution in [0.25, 0.3) is 6.08 Å². The molecule has 1 saturated carbocycles. The average Bonchev–Trinajstić information content (AvgIpc) is 3.03. The van der Waals surface area contributed by atoms with E-state index >= 15 is 0 Å². The third kappa shape index (κ3) is 7.03. The lowest BCUT2D eigenvalue weighted by Gasteiger charge is -2.43. The van der Waals surface area contributed by atoms with Crippen molar-refractivity contribution in [2.45, 2.75) is 64.3 Å². The molecule has 0 unspecified atom stereocenters. The average molecular weight is 518 g/mol. The first-order valence-corrected chi connectivity index (χ1v) is 14.6.